The number of amides is 3. The van der Waals surface area contributed by atoms with Gasteiger partial charge in [-0.15, -0.1) is 10.2 Å². The minimum absolute atomic E-state index is 0.0868. The second-order valence-corrected chi connectivity index (χ2v) is 8.36. The molecule has 1 fully saturated rings. The first-order chi connectivity index (χ1) is 13.9. The number of piperazine rings is 1. The molecule has 1 N–H and O–H groups in total. The molecule has 0 atom stereocenters. The van der Waals surface area contributed by atoms with Gasteiger partial charge in [0.15, 0.2) is 5.76 Å². The molecule has 10 heteroatoms. The van der Waals surface area contributed by atoms with E-state index in [2.05, 4.69) is 29.4 Å². The Balaban J connectivity index is 1.39. The summed E-state index contributed by atoms with van der Waals surface area (Å²) < 4.78 is 5.13. The molecule has 0 aliphatic carbocycles. The van der Waals surface area contributed by atoms with Crippen LogP contribution in [0.15, 0.2) is 22.8 Å². The van der Waals surface area contributed by atoms with Gasteiger partial charge in [0.1, 0.15) is 5.01 Å². The van der Waals surface area contributed by atoms with Crippen molar-refractivity contribution >= 4 is 34.2 Å². The van der Waals surface area contributed by atoms with Crippen LogP contribution in [0.2, 0.25) is 0 Å². The Morgan fingerprint density at radius 1 is 1.14 bits per heavy atom. The van der Waals surface area contributed by atoms with E-state index >= 15 is 0 Å². The molecule has 3 rings (SSSR count). The highest BCUT2D eigenvalue weighted by Crippen LogP contribution is 2.18. The average Bonchev–Trinajstić information content (AvgIpc) is 3.37. The van der Waals surface area contributed by atoms with Gasteiger partial charge in [-0.25, -0.2) is 0 Å². The Morgan fingerprint density at radius 2 is 1.86 bits per heavy atom. The molecular formula is C19H25N5O4S. The lowest BCUT2D eigenvalue weighted by molar-refractivity contribution is -0.134. The Hall–Kier alpha value is -2.75. The van der Waals surface area contributed by atoms with Crippen molar-refractivity contribution in [3.05, 3.63) is 29.2 Å². The van der Waals surface area contributed by atoms with E-state index < -0.39 is 0 Å². The molecule has 0 aromatic carbocycles. The molecule has 0 radical (unpaired) electrons. The molecule has 3 amide bonds. The van der Waals surface area contributed by atoms with Gasteiger partial charge in [0, 0.05) is 45.4 Å². The third-order valence-corrected chi connectivity index (χ3v) is 5.37. The maximum Gasteiger partial charge on any atom is 0.289 e. The minimum atomic E-state index is -0.253. The van der Waals surface area contributed by atoms with Crippen molar-refractivity contribution in [1.29, 1.82) is 0 Å². The summed E-state index contributed by atoms with van der Waals surface area (Å²) in [6, 6.07) is 3.30. The van der Waals surface area contributed by atoms with Crippen LogP contribution < -0.4 is 5.32 Å². The van der Waals surface area contributed by atoms with E-state index in [9.17, 15) is 14.4 Å². The minimum Gasteiger partial charge on any atom is -0.459 e. The summed E-state index contributed by atoms with van der Waals surface area (Å²) in [6.45, 7) is 5.97. The van der Waals surface area contributed by atoms with Crippen LogP contribution in [0.1, 0.15) is 42.3 Å². The summed E-state index contributed by atoms with van der Waals surface area (Å²) in [6.07, 6.45) is 2.49. The quantitative estimate of drug-likeness (QED) is 0.736. The van der Waals surface area contributed by atoms with Crippen LogP contribution in [0.5, 0.6) is 0 Å². The first-order valence-corrected chi connectivity index (χ1v) is 10.5. The molecule has 0 unspecified atom stereocenters. The fourth-order valence-corrected chi connectivity index (χ4v) is 3.98. The predicted molar refractivity (Wildman–Crippen MR) is 108 cm³/mol. The second kappa shape index (κ2) is 9.64. The van der Waals surface area contributed by atoms with Gasteiger partial charge in [-0.3, -0.25) is 14.4 Å². The Morgan fingerprint density at radius 3 is 2.52 bits per heavy atom. The van der Waals surface area contributed by atoms with Gasteiger partial charge in [0.05, 0.1) is 6.26 Å². The maximum atomic E-state index is 12.4. The normalized spacial score (nSPS) is 14.3. The van der Waals surface area contributed by atoms with Gasteiger partial charge in [-0.1, -0.05) is 25.2 Å². The smallest absolute Gasteiger partial charge is 0.289 e. The van der Waals surface area contributed by atoms with Crippen molar-refractivity contribution in [2.75, 3.05) is 31.5 Å². The van der Waals surface area contributed by atoms with Crippen LogP contribution in [0.25, 0.3) is 0 Å². The van der Waals surface area contributed by atoms with E-state index in [0.29, 0.717) is 43.0 Å². The zero-order valence-corrected chi connectivity index (χ0v) is 17.4. The first kappa shape index (κ1) is 21.0. The lowest BCUT2D eigenvalue weighted by Crippen LogP contribution is -2.50. The van der Waals surface area contributed by atoms with Gasteiger partial charge in [0.25, 0.3) is 5.91 Å². The van der Waals surface area contributed by atoms with Crippen LogP contribution in [-0.4, -0.2) is 63.9 Å². The molecule has 0 bridgehead atoms. The van der Waals surface area contributed by atoms with Crippen molar-refractivity contribution in [1.82, 2.24) is 20.0 Å². The van der Waals surface area contributed by atoms with Crippen molar-refractivity contribution < 1.29 is 18.8 Å². The number of anilines is 1. The van der Waals surface area contributed by atoms with Crippen molar-refractivity contribution in [2.45, 2.75) is 33.1 Å². The molecule has 1 saturated heterocycles. The lowest BCUT2D eigenvalue weighted by atomic mass is 10.1. The number of furan rings is 1. The standard InChI is InChI=1S/C19H25N5O4S/c1-13(2)12-16-21-22-19(29-16)20-15(25)5-6-17(26)23-7-9-24(10-8-23)18(27)14-4-3-11-28-14/h3-4,11,13H,5-10,12H2,1-2H3,(H,20,22,25). The maximum absolute atomic E-state index is 12.4. The number of carbonyl (C=O) groups is 3. The molecule has 156 valence electrons. The molecule has 0 saturated carbocycles. The average molecular weight is 420 g/mol. The topological polar surface area (TPSA) is 109 Å². The van der Waals surface area contributed by atoms with Crippen LogP contribution in [0.3, 0.4) is 0 Å². The summed E-state index contributed by atoms with van der Waals surface area (Å²) in [5, 5.41) is 12.1. The van der Waals surface area contributed by atoms with E-state index in [1.54, 1.807) is 21.9 Å². The fraction of sp³-hybridized carbons (Fsp3) is 0.526. The van der Waals surface area contributed by atoms with Crippen LogP contribution >= 0.6 is 11.3 Å². The Kier molecular flexibility index (Phi) is 6.97. The summed E-state index contributed by atoms with van der Waals surface area (Å²) >= 11 is 1.36. The summed E-state index contributed by atoms with van der Waals surface area (Å²) in [4.78, 5) is 40.1. The molecule has 2 aromatic heterocycles. The van der Waals surface area contributed by atoms with Gasteiger partial charge >= 0.3 is 0 Å². The highest BCUT2D eigenvalue weighted by Gasteiger charge is 2.26. The Bertz CT molecular complexity index is 841. The third-order valence-electron chi connectivity index (χ3n) is 4.51. The van der Waals surface area contributed by atoms with E-state index in [0.717, 1.165) is 11.4 Å². The van der Waals surface area contributed by atoms with E-state index in [1.165, 1.54) is 17.6 Å². The molecular weight excluding hydrogens is 394 g/mol. The fourth-order valence-electron chi connectivity index (χ4n) is 3.01. The summed E-state index contributed by atoms with van der Waals surface area (Å²) in [5.74, 6) is 0.254. The second-order valence-electron chi connectivity index (χ2n) is 7.30. The molecule has 9 nitrogen and oxygen atoms in total. The van der Waals surface area contributed by atoms with Gasteiger partial charge < -0.3 is 19.5 Å². The summed E-state index contributed by atoms with van der Waals surface area (Å²) in [7, 11) is 0. The summed E-state index contributed by atoms with van der Waals surface area (Å²) in [5.41, 5.74) is 0. The monoisotopic (exact) mass is 419 g/mol. The number of carbonyl (C=O) groups excluding carboxylic acids is 3. The molecule has 3 heterocycles. The molecule has 1 aliphatic heterocycles. The number of nitrogens with one attached hydrogen (secondary N) is 1. The highest BCUT2D eigenvalue weighted by molar-refractivity contribution is 7.15. The van der Waals surface area contributed by atoms with Gasteiger partial charge in [0.2, 0.25) is 16.9 Å². The molecule has 0 spiro atoms. The predicted octanol–water partition coefficient (Wildman–Crippen LogP) is 2.03. The Labute approximate surface area is 173 Å². The first-order valence-electron chi connectivity index (χ1n) is 9.65. The largest absolute Gasteiger partial charge is 0.459 e. The van der Waals surface area contributed by atoms with Crippen molar-refractivity contribution in [3.63, 3.8) is 0 Å². The van der Waals surface area contributed by atoms with Crippen LogP contribution in [0.4, 0.5) is 5.13 Å². The number of hydrogen-bond donors (Lipinski definition) is 1. The number of hydrogen-bond acceptors (Lipinski definition) is 7. The zero-order chi connectivity index (χ0) is 20.8. The van der Waals surface area contributed by atoms with Crippen molar-refractivity contribution in [2.24, 2.45) is 5.92 Å². The van der Waals surface area contributed by atoms with Crippen LogP contribution in [0, 0.1) is 5.92 Å². The third kappa shape index (κ3) is 5.86. The number of aromatic nitrogens is 2. The molecule has 29 heavy (non-hydrogen) atoms. The molecule has 2 aromatic rings. The SMILES string of the molecule is CC(C)Cc1nnc(NC(=O)CCC(=O)N2CCN(C(=O)c3ccco3)CC2)s1. The van der Waals surface area contributed by atoms with Crippen LogP contribution in [-0.2, 0) is 16.0 Å². The molecule has 1 aliphatic rings. The van der Waals surface area contributed by atoms with Crippen molar-refractivity contribution in [3.8, 4) is 0 Å². The lowest BCUT2D eigenvalue weighted by Gasteiger charge is -2.34. The van der Waals surface area contributed by atoms with Gasteiger partial charge in [-0.2, -0.15) is 0 Å². The van der Waals surface area contributed by atoms with Gasteiger partial charge in [-0.05, 0) is 18.1 Å². The number of nitrogens with zero attached hydrogens (tertiary/aromatic N) is 4. The number of rotatable bonds is 7. The van der Waals surface area contributed by atoms with E-state index in [4.69, 9.17) is 4.42 Å². The zero-order valence-electron chi connectivity index (χ0n) is 16.6. The van der Waals surface area contributed by atoms with E-state index in [1.807, 2.05) is 0 Å². The highest BCUT2D eigenvalue weighted by atomic mass is 32.1. The van der Waals surface area contributed by atoms with E-state index in [-0.39, 0.29) is 30.6 Å².